The van der Waals surface area contributed by atoms with Gasteiger partial charge in [-0.25, -0.2) is 0 Å². The maximum absolute atomic E-state index is 10.7. The number of methoxy groups -OCH3 is 1. The molecule has 2 aromatic rings. The van der Waals surface area contributed by atoms with E-state index in [0.717, 1.165) is 6.07 Å². The number of aromatic hydroxyl groups is 3. The summed E-state index contributed by atoms with van der Waals surface area (Å²) in [7, 11) is 1.25. The highest BCUT2D eigenvalue weighted by Gasteiger charge is 2.45. The van der Waals surface area contributed by atoms with Crippen LogP contribution in [-0.4, -0.2) is 91.4 Å². The van der Waals surface area contributed by atoms with E-state index in [1.54, 1.807) is 0 Å². The number of aliphatic hydroxyl groups is 5. The lowest BCUT2D eigenvalue weighted by atomic mass is 9.93. The topological polar surface area (TPSA) is 199 Å². The second-order valence-electron chi connectivity index (χ2n) is 8.14. The summed E-state index contributed by atoms with van der Waals surface area (Å²) in [5, 5.41) is 80.6. The van der Waals surface area contributed by atoms with Crippen LogP contribution in [0.4, 0.5) is 0 Å². The second kappa shape index (κ2) is 9.33. The Bertz CT molecular complexity index is 1040. The molecule has 2 aromatic carbocycles. The van der Waals surface area contributed by atoms with Crippen molar-refractivity contribution in [1.29, 1.82) is 0 Å². The molecule has 0 aliphatic carbocycles. The highest BCUT2D eigenvalue weighted by atomic mass is 16.7. The summed E-state index contributed by atoms with van der Waals surface area (Å²) in [6, 6.07) is 5.02. The maximum atomic E-state index is 10.7. The largest absolute Gasteiger partial charge is 0.508 e. The Morgan fingerprint density at radius 3 is 2.35 bits per heavy atom. The minimum atomic E-state index is -1.71. The molecular formula is C22H26O12. The summed E-state index contributed by atoms with van der Waals surface area (Å²) in [4.78, 5) is 0. The number of aliphatic hydroxyl groups excluding tert-OH is 5. The summed E-state index contributed by atoms with van der Waals surface area (Å²) < 4.78 is 21.9. The number of hydrogen-bond acceptors (Lipinski definition) is 12. The Hall–Kier alpha value is -3.00. The number of ether oxygens (including phenoxy) is 4. The molecule has 0 bridgehead atoms. The predicted octanol–water partition coefficient (Wildman–Crippen LogP) is -0.972. The summed E-state index contributed by atoms with van der Waals surface area (Å²) in [6.07, 6.45) is -9.96. The normalized spacial score (nSPS) is 30.8. The van der Waals surface area contributed by atoms with Gasteiger partial charge in [-0.15, -0.1) is 0 Å². The first kappa shape index (κ1) is 24.1. The molecule has 8 N–H and O–H groups in total. The lowest BCUT2D eigenvalue weighted by Crippen LogP contribution is -2.60. The Morgan fingerprint density at radius 2 is 1.68 bits per heavy atom. The molecule has 12 nitrogen and oxygen atoms in total. The monoisotopic (exact) mass is 482 g/mol. The molecule has 2 aliphatic heterocycles. The Labute approximate surface area is 193 Å². The number of phenols is 3. The van der Waals surface area contributed by atoms with Crippen LogP contribution in [0.15, 0.2) is 24.3 Å². The second-order valence-corrected chi connectivity index (χ2v) is 8.14. The minimum absolute atomic E-state index is 0.0121. The van der Waals surface area contributed by atoms with Gasteiger partial charge in [-0.2, -0.15) is 0 Å². The van der Waals surface area contributed by atoms with Gasteiger partial charge in [0.2, 0.25) is 12.0 Å². The summed E-state index contributed by atoms with van der Waals surface area (Å²) in [5.41, 5.74) is 0.524. The molecule has 0 radical (unpaired) electrons. The van der Waals surface area contributed by atoms with Gasteiger partial charge >= 0.3 is 0 Å². The number of benzene rings is 2. The SMILES string of the molecule is COc1c(O)cc(C2Oc3cc(O)cc(O)c3CC2O)cc1OC1OC(CO)C(O)C(O)C1O. The van der Waals surface area contributed by atoms with E-state index in [-0.39, 0.29) is 40.7 Å². The molecule has 2 heterocycles. The highest BCUT2D eigenvalue weighted by Crippen LogP contribution is 2.46. The van der Waals surface area contributed by atoms with Gasteiger partial charge in [-0.3, -0.25) is 0 Å². The van der Waals surface area contributed by atoms with Gasteiger partial charge in [0, 0.05) is 29.7 Å². The van der Waals surface area contributed by atoms with E-state index in [0.29, 0.717) is 5.56 Å². The molecule has 1 saturated heterocycles. The molecule has 0 saturated carbocycles. The van der Waals surface area contributed by atoms with Gasteiger partial charge < -0.3 is 59.8 Å². The first-order valence-electron chi connectivity index (χ1n) is 10.4. The lowest BCUT2D eigenvalue weighted by Gasteiger charge is -2.39. The molecule has 0 amide bonds. The third-order valence-electron chi connectivity index (χ3n) is 5.87. The van der Waals surface area contributed by atoms with Crippen molar-refractivity contribution < 1.29 is 59.8 Å². The van der Waals surface area contributed by atoms with Crippen LogP contribution >= 0.6 is 0 Å². The maximum Gasteiger partial charge on any atom is 0.229 e. The average Bonchev–Trinajstić information content (AvgIpc) is 2.79. The van der Waals surface area contributed by atoms with E-state index in [4.69, 9.17) is 18.9 Å². The molecule has 34 heavy (non-hydrogen) atoms. The highest BCUT2D eigenvalue weighted by molar-refractivity contribution is 5.55. The van der Waals surface area contributed by atoms with E-state index in [9.17, 15) is 40.9 Å². The Kier molecular flexibility index (Phi) is 6.62. The molecule has 2 aliphatic rings. The van der Waals surface area contributed by atoms with Crippen LogP contribution in [0, 0.1) is 0 Å². The summed E-state index contributed by atoms with van der Waals surface area (Å²) >= 11 is 0. The van der Waals surface area contributed by atoms with Crippen LogP contribution in [0.2, 0.25) is 0 Å². The fourth-order valence-corrected chi connectivity index (χ4v) is 4.10. The van der Waals surface area contributed by atoms with Crippen LogP contribution in [0.1, 0.15) is 17.2 Å². The van der Waals surface area contributed by atoms with E-state index in [2.05, 4.69) is 0 Å². The van der Waals surface area contributed by atoms with E-state index in [1.165, 1.54) is 25.3 Å². The number of rotatable bonds is 5. The fourth-order valence-electron chi connectivity index (χ4n) is 4.10. The van der Waals surface area contributed by atoms with E-state index >= 15 is 0 Å². The number of phenolic OH excluding ortho intramolecular Hbond substituents is 3. The third kappa shape index (κ3) is 4.27. The molecule has 7 atom stereocenters. The molecule has 12 heteroatoms. The fraction of sp³-hybridized carbons (Fsp3) is 0.455. The molecule has 0 spiro atoms. The quantitative estimate of drug-likeness (QED) is 0.260. The van der Waals surface area contributed by atoms with Gasteiger partial charge in [-0.1, -0.05) is 0 Å². The van der Waals surface area contributed by atoms with Crippen LogP contribution in [0.5, 0.6) is 34.5 Å². The van der Waals surface area contributed by atoms with Crippen molar-refractivity contribution >= 4 is 0 Å². The van der Waals surface area contributed by atoms with Gasteiger partial charge in [0.05, 0.1) is 19.8 Å². The first-order chi connectivity index (χ1) is 16.1. The zero-order chi connectivity index (χ0) is 24.7. The molecule has 7 unspecified atom stereocenters. The van der Waals surface area contributed by atoms with Crippen molar-refractivity contribution in [2.45, 2.75) is 49.3 Å². The van der Waals surface area contributed by atoms with Crippen molar-refractivity contribution in [2.75, 3.05) is 13.7 Å². The van der Waals surface area contributed by atoms with E-state index < -0.39 is 55.3 Å². The third-order valence-corrected chi connectivity index (χ3v) is 5.87. The summed E-state index contributed by atoms with van der Waals surface area (Å²) in [6.45, 7) is -0.658. The van der Waals surface area contributed by atoms with E-state index in [1.807, 2.05) is 0 Å². The average molecular weight is 482 g/mol. The molecule has 1 fully saturated rings. The molecule has 4 rings (SSSR count). The molecular weight excluding hydrogens is 456 g/mol. The van der Waals surface area contributed by atoms with Crippen molar-refractivity contribution in [3.05, 3.63) is 35.4 Å². The Morgan fingerprint density at radius 1 is 0.941 bits per heavy atom. The van der Waals surface area contributed by atoms with Gasteiger partial charge in [0.1, 0.15) is 41.7 Å². The van der Waals surface area contributed by atoms with Crippen LogP contribution in [0.25, 0.3) is 0 Å². The number of fused-ring (bicyclic) bond motifs is 1. The van der Waals surface area contributed by atoms with Gasteiger partial charge in [-0.05, 0) is 12.1 Å². The predicted molar refractivity (Wildman–Crippen MR) is 112 cm³/mol. The van der Waals surface area contributed by atoms with Crippen LogP contribution < -0.4 is 14.2 Å². The zero-order valence-corrected chi connectivity index (χ0v) is 18.0. The Balaban J connectivity index is 1.67. The van der Waals surface area contributed by atoms with Gasteiger partial charge in [0.15, 0.2) is 17.6 Å². The van der Waals surface area contributed by atoms with Crippen molar-refractivity contribution in [2.24, 2.45) is 0 Å². The molecule has 0 aromatic heterocycles. The number of hydrogen-bond donors (Lipinski definition) is 8. The summed E-state index contributed by atoms with van der Waals surface area (Å²) in [5.74, 6) is -1.05. The minimum Gasteiger partial charge on any atom is -0.508 e. The molecule has 186 valence electrons. The van der Waals surface area contributed by atoms with Crippen LogP contribution in [-0.2, 0) is 11.2 Å². The van der Waals surface area contributed by atoms with Crippen molar-refractivity contribution in [3.8, 4) is 34.5 Å². The van der Waals surface area contributed by atoms with Gasteiger partial charge in [0.25, 0.3) is 0 Å². The standard InChI is InChI=1S/C22H26O12/c1-31-21-12(26)2-8(20-13(27)6-10-11(25)4-9(24)5-14(10)32-20)3-15(21)33-22-19(30)18(29)17(28)16(7-23)34-22/h2-5,13,16-20,22-30H,6-7H2,1H3. The smallest absolute Gasteiger partial charge is 0.229 e. The van der Waals surface area contributed by atoms with Crippen molar-refractivity contribution in [1.82, 2.24) is 0 Å². The lowest BCUT2D eigenvalue weighted by molar-refractivity contribution is -0.277. The first-order valence-corrected chi connectivity index (χ1v) is 10.4. The van der Waals surface area contributed by atoms with Crippen LogP contribution in [0.3, 0.4) is 0 Å². The van der Waals surface area contributed by atoms with Crippen molar-refractivity contribution in [3.63, 3.8) is 0 Å². The zero-order valence-electron chi connectivity index (χ0n) is 18.0.